The Labute approximate surface area is 170 Å². The van der Waals surface area contributed by atoms with Crippen LogP contribution in [0, 0.1) is 0 Å². The molecule has 2 aliphatic heterocycles. The third-order valence-corrected chi connectivity index (χ3v) is 5.87. The lowest BCUT2D eigenvalue weighted by atomic mass is 9.83. The lowest BCUT2D eigenvalue weighted by Gasteiger charge is -2.44. The van der Waals surface area contributed by atoms with E-state index in [9.17, 15) is 4.79 Å². The van der Waals surface area contributed by atoms with Gasteiger partial charge in [0.1, 0.15) is 12.4 Å². The zero-order valence-electron chi connectivity index (χ0n) is 15.9. The molecular weight excluding hydrogens is 374 g/mol. The molecule has 2 unspecified atom stereocenters. The molecule has 0 radical (unpaired) electrons. The molecule has 1 amide bonds. The summed E-state index contributed by atoms with van der Waals surface area (Å²) in [7, 11) is 1.62. The highest BCUT2D eigenvalue weighted by Crippen LogP contribution is 2.39. The van der Waals surface area contributed by atoms with Gasteiger partial charge in [-0.15, -0.1) is 0 Å². The SMILES string of the molecule is COc1ccc(C2=CC3CCCC(C2)N3C(=O)OCc2ccccc2)cc1Cl. The van der Waals surface area contributed by atoms with E-state index in [1.54, 1.807) is 7.11 Å². The molecule has 2 aromatic carbocycles. The normalized spacial score (nSPS) is 21.1. The minimum absolute atomic E-state index is 0.0756. The highest BCUT2D eigenvalue weighted by molar-refractivity contribution is 6.32. The number of ether oxygens (including phenoxy) is 2. The lowest BCUT2D eigenvalue weighted by molar-refractivity contribution is 0.0510. The molecule has 1 saturated heterocycles. The molecule has 2 atom stereocenters. The number of carbonyl (C=O) groups is 1. The summed E-state index contributed by atoms with van der Waals surface area (Å²) in [4.78, 5) is 14.7. The van der Waals surface area contributed by atoms with E-state index >= 15 is 0 Å². The van der Waals surface area contributed by atoms with E-state index in [0.717, 1.165) is 36.8 Å². The molecule has 4 rings (SSSR count). The monoisotopic (exact) mass is 397 g/mol. The Morgan fingerprint density at radius 1 is 1.18 bits per heavy atom. The Bertz CT molecular complexity index is 881. The van der Waals surface area contributed by atoms with Crippen LogP contribution in [0.1, 0.15) is 36.8 Å². The quantitative estimate of drug-likeness (QED) is 0.664. The van der Waals surface area contributed by atoms with Crippen molar-refractivity contribution in [2.45, 2.75) is 44.4 Å². The Morgan fingerprint density at radius 3 is 2.71 bits per heavy atom. The molecule has 0 aromatic heterocycles. The molecule has 28 heavy (non-hydrogen) atoms. The molecule has 5 heteroatoms. The van der Waals surface area contributed by atoms with Crippen molar-refractivity contribution in [1.82, 2.24) is 4.90 Å². The number of methoxy groups -OCH3 is 1. The third-order valence-electron chi connectivity index (χ3n) is 5.58. The maximum absolute atomic E-state index is 12.8. The van der Waals surface area contributed by atoms with Crippen molar-refractivity contribution in [2.75, 3.05) is 7.11 Å². The van der Waals surface area contributed by atoms with Crippen molar-refractivity contribution < 1.29 is 14.3 Å². The molecule has 0 aliphatic carbocycles. The molecule has 0 N–H and O–H groups in total. The molecule has 1 fully saturated rings. The van der Waals surface area contributed by atoms with Gasteiger partial charge in [0.15, 0.2) is 0 Å². The maximum Gasteiger partial charge on any atom is 0.410 e. The number of carbonyl (C=O) groups excluding carboxylic acids is 1. The molecule has 0 spiro atoms. The second-order valence-electron chi connectivity index (χ2n) is 7.34. The summed E-state index contributed by atoms with van der Waals surface area (Å²) in [5.41, 5.74) is 3.34. The first-order valence-electron chi connectivity index (χ1n) is 9.69. The van der Waals surface area contributed by atoms with E-state index in [1.807, 2.05) is 53.4 Å². The summed E-state index contributed by atoms with van der Waals surface area (Å²) >= 11 is 6.31. The van der Waals surface area contributed by atoms with Gasteiger partial charge >= 0.3 is 6.09 Å². The Kier molecular flexibility index (Phi) is 5.58. The van der Waals surface area contributed by atoms with Crippen LogP contribution in [0.15, 0.2) is 54.6 Å². The molecule has 4 nitrogen and oxygen atoms in total. The largest absolute Gasteiger partial charge is 0.495 e. The summed E-state index contributed by atoms with van der Waals surface area (Å²) in [6, 6.07) is 15.9. The van der Waals surface area contributed by atoms with Gasteiger partial charge in [-0.1, -0.05) is 54.1 Å². The minimum atomic E-state index is -0.221. The van der Waals surface area contributed by atoms with E-state index in [1.165, 1.54) is 5.57 Å². The molecule has 2 aromatic rings. The average molecular weight is 398 g/mol. The van der Waals surface area contributed by atoms with E-state index in [0.29, 0.717) is 17.4 Å². The summed E-state index contributed by atoms with van der Waals surface area (Å²) in [5.74, 6) is 0.674. The van der Waals surface area contributed by atoms with E-state index in [-0.39, 0.29) is 18.2 Å². The van der Waals surface area contributed by atoms with Gasteiger partial charge in [-0.3, -0.25) is 4.90 Å². The van der Waals surface area contributed by atoms with Crippen molar-refractivity contribution in [3.05, 3.63) is 70.8 Å². The summed E-state index contributed by atoms with van der Waals surface area (Å²) in [5, 5.41) is 0.607. The van der Waals surface area contributed by atoms with Crippen LogP contribution in [0.5, 0.6) is 5.75 Å². The molecule has 146 valence electrons. The number of nitrogens with zero attached hydrogens (tertiary/aromatic N) is 1. The third kappa shape index (κ3) is 3.88. The summed E-state index contributed by atoms with van der Waals surface area (Å²) < 4.78 is 10.9. The fourth-order valence-electron chi connectivity index (χ4n) is 4.19. The van der Waals surface area contributed by atoms with Crippen LogP contribution >= 0.6 is 11.6 Å². The number of piperidine rings is 1. The number of halogens is 1. The van der Waals surface area contributed by atoms with Crippen LogP contribution in [0.3, 0.4) is 0 Å². The topological polar surface area (TPSA) is 38.8 Å². The summed E-state index contributed by atoms with van der Waals surface area (Å²) in [6.07, 6.45) is 5.89. The lowest BCUT2D eigenvalue weighted by Crippen LogP contribution is -2.51. The van der Waals surface area contributed by atoms with Gasteiger partial charge in [-0.25, -0.2) is 4.79 Å². The van der Waals surface area contributed by atoms with Crippen molar-refractivity contribution in [3.63, 3.8) is 0 Å². The number of benzene rings is 2. The predicted octanol–water partition coefficient (Wildman–Crippen LogP) is 5.70. The first-order valence-corrected chi connectivity index (χ1v) is 10.1. The van der Waals surface area contributed by atoms with Crippen LogP contribution in [0.4, 0.5) is 4.79 Å². The highest BCUT2D eigenvalue weighted by Gasteiger charge is 2.38. The van der Waals surface area contributed by atoms with E-state index in [2.05, 4.69) is 6.08 Å². The minimum Gasteiger partial charge on any atom is -0.495 e. The Balaban J connectivity index is 1.51. The van der Waals surface area contributed by atoms with Gasteiger partial charge < -0.3 is 9.47 Å². The van der Waals surface area contributed by atoms with Gasteiger partial charge in [-0.05, 0) is 54.5 Å². The first kappa shape index (κ1) is 18.9. The molecule has 2 aliphatic rings. The second kappa shape index (κ2) is 8.27. The van der Waals surface area contributed by atoms with Crippen molar-refractivity contribution >= 4 is 23.3 Å². The van der Waals surface area contributed by atoms with Crippen LogP contribution < -0.4 is 4.74 Å². The second-order valence-corrected chi connectivity index (χ2v) is 7.75. The summed E-state index contributed by atoms with van der Waals surface area (Å²) in [6.45, 7) is 0.306. The Morgan fingerprint density at radius 2 is 2.00 bits per heavy atom. The molecule has 2 bridgehead atoms. The zero-order chi connectivity index (χ0) is 19.5. The number of hydrogen-bond donors (Lipinski definition) is 0. The van der Waals surface area contributed by atoms with Crippen molar-refractivity contribution in [1.29, 1.82) is 0 Å². The maximum atomic E-state index is 12.8. The highest BCUT2D eigenvalue weighted by atomic mass is 35.5. The van der Waals surface area contributed by atoms with E-state index in [4.69, 9.17) is 21.1 Å². The van der Waals surface area contributed by atoms with E-state index < -0.39 is 0 Å². The van der Waals surface area contributed by atoms with Crippen molar-refractivity contribution in [2.24, 2.45) is 0 Å². The van der Waals surface area contributed by atoms with Crippen LogP contribution in [0.25, 0.3) is 5.57 Å². The zero-order valence-corrected chi connectivity index (χ0v) is 16.7. The van der Waals surface area contributed by atoms with Gasteiger partial charge in [-0.2, -0.15) is 0 Å². The van der Waals surface area contributed by atoms with Gasteiger partial charge in [0, 0.05) is 6.04 Å². The van der Waals surface area contributed by atoms with Crippen LogP contribution in [0.2, 0.25) is 5.02 Å². The molecular formula is C23H24ClNO3. The smallest absolute Gasteiger partial charge is 0.410 e. The molecule has 2 heterocycles. The standard InChI is InChI=1S/C23H24ClNO3/c1-27-22-11-10-17(14-21(22)24)18-12-19-8-5-9-20(13-18)25(19)23(26)28-15-16-6-3-2-4-7-16/h2-4,6-7,10-12,14,19-20H,5,8-9,13,15H2,1H3. The fraction of sp³-hybridized carbons (Fsp3) is 0.348. The van der Waals surface area contributed by atoms with Gasteiger partial charge in [0.05, 0.1) is 18.2 Å². The number of hydrogen-bond acceptors (Lipinski definition) is 3. The molecule has 0 saturated carbocycles. The van der Waals surface area contributed by atoms with Crippen LogP contribution in [-0.4, -0.2) is 30.2 Å². The van der Waals surface area contributed by atoms with Gasteiger partial charge in [0.25, 0.3) is 0 Å². The number of rotatable bonds is 4. The number of fused-ring (bicyclic) bond motifs is 2. The van der Waals surface area contributed by atoms with Crippen LogP contribution in [-0.2, 0) is 11.3 Å². The van der Waals surface area contributed by atoms with Gasteiger partial charge in [0.2, 0.25) is 0 Å². The average Bonchev–Trinajstić information content (AvgIpc) is 2.71. The fourth-order valence-corrected chi connectivity index (χ4v) is 4.45. The first-order chi connectivity index (χ1) is 13.7. The predicted molar refractivity (Wildman–Crippen MR) is 110 cm³/mol. The van der Waals surface area contributed by atoms with Crippen molar-refractivity contribution in [3.8, 4) is 5.75 Å². The Hall–Kier alpha value is -2.46. The number of amides is 1.